The van der Waals surface area contributed by atoms with Crippen LogP contribution in [0.2, 0.25) is 0 Å². The molecule has 0 bridgehead atoms. The average Bonchev–Trinajstić information content (AvgIpc) is 2.82. The van der Waals surface area contributed by atoms with Gasteiger partial charge < -0.3 is 25.0 Å². The van der Waals surface area contributed by atoms with Crippen molar-refractivity contribution in [1.29, 1.82) is 0 Å². The second-order valence-corrected chi connectivity index (χ2v) is 8.89. The van der Waals surface area contributed by atoms with Crippen LogP contribution in [-0.2, 0) is 11.3 Å². The van der Waals surface area contributed by atoms with Gasteiger partial charge in [-0.15, -0.1) is 24.0 Å². The number of benzene rings is 1. The zero-order chi connectivity index (χ0) is 22.8. The maximum atomic E-state index is 13.9. The molecule has 2 aliphatic rings. The third-order valence-corrected chi connectivity index (χ3v) is 6.65. The molecular weight excluding hydrogens is 536 g/mol. The normalized spacial score (nSPS) is 19.2. The van der Waals surface area contributed by atoms with Crippen molar-refractivity contribution in [2.45, 2.75) is 38.3 Å². The largest absolute Gasteiger partial charge is 0.494 e. The van der Waals surface area contributed by atoms with Gasteiger partial charge in [0, 0.05) is 52.9 Å². The summed E-state index contributed by atoms with van der Waals surface area (Å²) >= 11 is 0. The summed E-state index contributed by atoms with van der Waals surface area (Å²) in [6, 6.07) is 5.65. The second-order valence-electron chi connectivity index (χ2n) is 8.89. The Bertz CT molecular complexity index is 723. The first-order valence-corrected chi connectivity index (χ1v) is 11.8. The standard InChI is InChI=1S/C24H40FN5O2.HI/c1-26-24(27-17-19-6-10-29(11-7-19)14-15-31-2)28-21-8-12-30(13-9-21)18-20-4-5-23(32-3)22(25)16-20;/h4-5,16,19,21H,6-15,17-18H2,1-3H3,(H2,26,27,28);1H. The first kappa shape index (κ1) is 28.1. The lowest BCUT2D eigenvalue weighted by atomic mass is 9.97. The Morgan fingerprint density at radius 1 is 1.09 bits per heavy atom. The van der Waals surface area contributed by atoms with Crippen LogP contribution in [0.4, 0.5) is 4.39 Å². The molecule has 188 valence electrons. The highest BCUT2D eigenvalue weighted by atomic mass is 127. The molecule has 1 aromatic rings. The maximum Gasteiger partial charge on any atom is 0.191 e. The fourth-order valence-electron chi connectivity index (χ4n) is 4.57. The molecule has 0 saturated carbocycles. The van der Waals surface area contributed by atoms with Crippen LogP contribution in [0.5, 0.6) is 5.75 Å². The van der Waals surface area contributed by atoms with Crippen LogP contribution in [-0.4, -0.2) is 88.9 Å². The van der Waals surface area contributed by atoms with E-state index >= 15 is 0 Å². The summed E-state index contributed by atoms with van der Waals surface area (Å²) in [7, 11) is 5.10. The number of halogens is 2. The first-order valence-electron chi connectivity index (χ1n) is 11.8. The van der Waals surface area contributed by atoms with Gasteiger partial charge >= 0.3 is 0 Å². The molecule has 2 saturated heterocycles. The smallest absolute Gasteiger partial charge is 0.191 e. The molecule has 0 radical (unpaired) electrons. The molecule has 2 N–H and O–H groups in total. The van der Waals surface area contributed by atoms with Crippen LogP contribution in [0.3, 0.4) is 0 Å². The van der Waals surface area contributed by atoms with E-state index in [9.17, 15) is 4.39 Å². The number of guanidine groups is 1. The van der Waals surface area contributed by atoms with Crippen molar-refractivity contribution in [2.24, 2.45) is 10.9 Å². The van der Waals surface area contributed by atoms with Gasteiger partial charge in [0.1, 0.15) is 0 Å². The van der Waals surface area contributed by atoms with E-state index in [1.54, 1.807) is 19.2 Å². The van der Waals surface area contributed by atoms with Crippen molar-refractivity contribution in [3.05, 3.63) is 29.6 Å². The Morgan fingerprint density at radius 2 is 1.79 bits per heavy atom. The van der Waals surface area contributed by atoms with Gasteiger partial charge in [-0.25, -0.2) is 4.39 Å². The molecule has 1 aromatic carbocycles. The maximum absolute atomic E-state index is 13.9. The molecule has 0 atom stereocenters. The van der Waals surface area contributed by atoms with Crippen molar-refractivity contribution in [2.75, 3.05) is 67.1 Å². The number of piperidine rings is 2. The highest BCUT2D eigenvalue weighted by molar-refractivity contribution is 14.0. The van der Waals surface area contributed by atoms with Gasteiger partial charge in [0.2, 0.25) is 0 Å². The van der Waals surface area contributed by atoms with E-state index in [1.807, 2.05) is 13.1 Å². The predicted octanol–water partition coefficient (Wildman–Crippen LogP) is 2.94. The molecule has 9 heteroatoms. The quantitative estimate of drug-likeness (QED) is 0.268. The second kappa shape index (κ2) is 15.0. The summed E-state index contributed by atoms with van der Waals surface area (Å²) in [4.78, 5) is 9.30. The Hall–Kier alpha value is -1.17. The predicted molar refractivity (Wildman–Crippen MR) is 142 cm³/mol. The van der Waals surface area contributed by atoms with E-state index in [0.29, 0.717) is 17.7 Å². The summed E-state index contributed by atoms with van der Waals surface area (Å²) in [5.74, 6) is 1.60. The number of methoxy groups -OCH3 is 2. The van der Waals surface area contributed by atoms with Crippen molar-refractivity contribution in [3.8, 4) is 5.75 Å². The average molecular weight is 578 g/mol. The van der Waals surface area contributed by atoms with Gasteiger partial charge in [-0.2, -0.15) is 0 Å². The number of rotatable bonds is 9. The highest BCUT2D eigenvalue weighted by Crippen LogP contribution is 2.20. The summed E-state index contributed by atoms with van der Waals surface area (Å²) in [5.41, 5.74) is 0.987. The van der Waals surface area contributed by atoms with Crippen LogP contribution >= 0.6 is 24.0 Å². The zero-order valence-electron chi connectivity index (χ0n) is 20.3. The Balaban J connectivity index is 0.00000385. The number of aliphatic imine (C=N–C) groups is 1. The third kappa shape index (κ3) is 9.18. The van der Waals surface area contributed by atoms with Crippen LogP contribution in [0.25, 0.3) is 0 Å². The van der Waals surface area contributed by atoms with E-state index in [2.05, 4.69) is 25.4 Å². The highest BCUT2D eigenvalue weighted by Gasteiger charge is 2.22. The van der Waals surface area contributed by atoms with Crippen LogP contribution in [0, 0.1) is 11.7 Å². The number of hydrogen-bond donors (Lipinski definition) is 2. The lowest BCUT2D eigenvalue weighted by molar-refractivity contribution is 0.120. The lowest BCUT2D eigenvalue weighted by Gasteiger charge is -2.34. The summed E-state index contributed by atoms with van der Waals surface area (Å²) < 4.78 is 24.1. The van der Waals surface area contributed by atoms with Crippen LogP contribution in [0.15, 0.2) is 23.2 Å². The van der Waals surface area contributed by atoms with E-state index in [-0.39, 0.29) is 29.8 Å². The lowest BCUT2D eigenvalue weighted by Crippen LogP contribution is -2.49. The number of ether oxygens (including phenoxy) is 2. The fourth-order valence-corrected chi connectivity index (χ4v) is 4.57. The molecule has 2 fully saturated rings. The van der Waals surface area contributed by atoms with Crippen molar-refractivity contribution in [3.63, 3.8) is 0 Å². The number of nitrogens with one attached hydrogen (secondary N) is 2. The molecule has 2 aliphatic heterocycles. The fraction of sp³-hybridized carbons (Fsp3) is 0.708. The molecule has 0 unspecified atom stereocenters. The Kier molecular flexibility index (Phi) is 12.7. The van der Waals surface area contributed by atoms with Gasteiger partial charge in [-0.3, -0.25) is 9.89 Å². The molecule has 0 aliphatic carbocycles. The SMILES string of the molecule is CN=C(NCC1CCN(CCOC)CC1)NC1CCN(Cc2ccc(OC)c(F)c2)CC1.I. The van der Waals surface area contributed by atoms with E-state index in [0.717, 1.165) is 76.8 Å². The van der Waals surface area contributed by atoms with Crippen LogP contribution < -0.4 is 15.4 Å². The third-order valence-electron chi connectivity index (χ3n) is 6.65. The molecule has 7 nitrogen and oxygen atoms in total. The van der Waals surface area contributed by atoms with Gasteiger partial charge in [0.25, 0.3) is 0 Å². The monoisotopic (exact) mass is 577 g/mol. The van der Waals surface area contributed by atoms with Gasteiger partial charge in [-0.05, 0) is 62.4 Å². The van der Waals surface area contributed by atoms with E-state index in [1.165, 1.54) is 20.0 Å². The van der Waals surface area contributed by atoms with Gasteiger partial charge in [-0.1, -0.05) is 6.07 Å². The number of hydrogen-bond acceptors (Lipinski definition) is 5. The van der Waals surface area contributed by atoms with Crippen molar-refractivity contribution in [1.82, 2.24) is 20.4 Å². The Labute approximate surface area is 215 Å². The molecule has 0 spiro atoms. The summed E-state index contributed by atoms with van der Waals surface area (Å²) in [5, 5.41) is 7.14. The summed E-state index contributed by atoms with van der Waals surface area (Å²) in [6.07, 6.45) is 4.55. The molecule has 33 heavy (non-hydrogen) atoms. The first-order chi connectivity index (χ1) is 15.6. The Morgan fingerprint density at radius 3 is 2.39 bits per heavy atom. The van der Waals surface area contributed by atoms with Crippen LogP contribution in [0.1, 0.15) is 31.2 Å². The molecular formula is C24H41FIN5O2. The van der Waals surface area contributed by atoms with E-state index in [4.69, 9.17) is 9.47 Å². The number of nitrogens with zero attached hydrogens (tertiary/aromatic N) is 3. The van der Waals surface area contributed by atoms with Gasteiger partial charge in [0.05, 0.1) is 13.7 Å². The number of likely N-dealkylation sites (tertiary alicyclic amines) is 2. The summed E-state index contributed by atoms with van der Waals surface area (Å²) in [6.45, 7) is 7.87. The molecule has 2 heterocycles. The molecule has 3 rings (SSSR count). The molecule has 0 amide bonds. The van der Waals surface area contributed by atoms with Crippen molar-refractivity contribution >= 4 is 29.9 Å². The minimum atomic E-state index is -0.294. The van der Waals surface area contributed by atoms with E-state index < -0.39 is 0 Å². The van der Waals surface area contributed by atoms with Gasteiger partial charge in [0.15, 0.2) is 17.5 Å². The molecule has 0 aromatic heterocycles. The topological polar surface area (TPSA) is 61.4 Å². The zero-order valence-corrected chi connectivity index (χ0v) is 22.6. The minimum absolute atomic E-state index is 0. The minimum Gasteiger partial charge on any atom is -0.494 e. The van der Waals surface area contributed by atoms with Crippen molar-refractivity contribution < 1.29 is 13.9 Å².